The van der Waals surface area contributed by atoms with E-state index in [1.165, 1.54) is 22.2 Å². The van der Waals surface area contributed by atoms with E-state index < -0.39 is 0 Å². The zero-order chi connectivity index (χ0) is 17.4. The number of fused-ring (bicyclic) bond motifs is 2. The van der Waals surface area contributed by atoms with E-state index in [4.69, 9.17) is 4.98 Å². The lowest BCUT2D eigenvalue weighted by atomic mass is 10.0. The third-order valence-electron chi connectivity index (χ3n) is 4.88. The van der Waals surface area contributed by atoms with Gasteiger partial charge in [0.1, 0.15) is 5.82 Å². The summed E-state index contributed by atoms with van der Waals surface area (Å²) in [6.45, 7) is 6.52. The average Bonchev–Trinajstić information content (AvgIpc) is 3.05. The van der Waals surface area contributed by atoms with Gasteiger partial charge in [0.25, 0.3) is 0 Å². The lowest BCUT2D eigenvalue weighted by molar-refractivity contribution is 0.251. The van der Waals surface area contributed by atoms with E-state index in [9.17, 15) is 0 Å². The van der Waals surface area contributed by atoms with Gasteiger partial charge in [-0.1, -0.05) is 68.0 Å². The van der Waals surface area contributed by atoms with Crippen LogP contribution in [-0.4, -0.2) is 20.4 Å². The van der Waals surface area contributed by atoms with Gasteiger partial charge in [0.15, 0.2) is 0 Å². The van der Waals surface area contributed by atoms with Crippen molar-refractivity contribution in [2.75, 3.05) is 6.54 Å². The quantitative estimate of drug-likeness (QED) is 0.367. The standard InChI is InChI=1S/C20H23N3S2/c1-14(2)12-19-20-21-18(13-22(20)10-11-23(19)25-24)17-9-5-7-15-6-3-4-8-16(15)17/h3-9,13-14,19,24H,10-12H2,1-2H3. The number of hydrogen-bond donors (Lipinski definition) is 1. The molecule has 4 rings (SSSR count). The van der Waals surface area contributed by atoms with E-state index in [1.54, 1.807) is 11.0 Å². The van der Waals surface area contributed by atoms with Crippen LogP contribution in [0.5, 0.6) is 0 Å². The van der Waals surface area contributed by atoms with Crippen LogP contribution in [0.25, 0.3) is 22.0 Å². The van der Waals surface area contributed by atoms with E-state index in [-0.39, 0.29) is 0 Å². The molecule has 1 unspecified atom stereocenters. The van der Waals surface area contributed by atoms with E-state index in [2.05, 4.69) is 83.0 Å². The molecule has 1 aliphatic heterocycles. The van der Waals surface area contributed by atoms with Gasteiger partial charge in [-0.15, -0.1) is 0 Å². The zero-order valence-electron chi connectivity index (χ0n) is 14.6. The summed E-state index contributed by atoms with van der Waals surface area (Å²) in [5, 5.41) is 2.53. The maximum absolute atomic E-state index is 5.08. The van der Waals surface area contributed by atoms with Crippen molar-refractivity contribution in [3.63, 3.8) is 0 Å². The Morgan fingerprint density at radius 1 is 1.16 bits per heavy atom. The van der Waals surface area contributed by atoms with Crippen LogP contribution in [0.15, 0.2) is 48.7 Å². The van der Waals surface area contributed by atoms with Crippen LogP contribution in [0.1, 0.15) is 32.1 Å². The molecular weight excluding hydrogens is 346 g/mol. The van der Waals surface area contributed by atoms with Gasteiger partial charge in [-0.25, -0.2) is 9.29 Å². The van der Waals surface area contributed by atoms with Crippen molar-refractivity contribution in [3.05, 3.63) is 54.5 Å². The first-order valence-corrected chi connectivity index (χ1v) is 10.6. The van der Waals surface area contributed by atoms with Crippen molar-refractivity contribution >= 4 is 33.4 Å². The van der Waals surface area contributed by atoms with Crippen molar-refractivity contribution in [3.8, 4) is 11.3 Å². The second kappa shape index (κ2) is 7.06. The Labute approximate surface area is 158 Å². The van der Waals surface area contributed by atoms with Gasteiger partial charge in [-0.2, -0.15) is 0 Å². The highest BCUT2D eigenvalue weighted by atomic mass is 33.1. The molecule has 0 radical (unpaired) electrons. The molecule has 1 aromatic heterocycles. The molecule has 0 fully saturated rings. The molecule has 0 saturated heterocycles. The molecule has 1 atom stereocenters. The molecule has 1 aliphatic rings. The number of rotatable bonds is 4. The Kier molecular flexibility index (Phi) is 4.80. The highest BCUT2D eigenvalue weighted by Crippen LogP contribution is 2.38. The minimum absolute atomic E-state index is 0.319. The predicted octanol–water partition coefficient (Wildman–Crippen LogP) is 5.60. The summed E-state index contributed by atoms with van der Waals surface area (Å²) < 4.78 is 4.70. The molecule has 0 amide bonds. The summed E-state index contributed by atoms with van der Waals surface area (Å²) in [4.78, 5) is 5.08. The maximum atomic E-state index is 5.08. The Morgan fingerprint density at radius 3 is 2.76 bits per heavy atom. The molecule has 3 aromatic rings. The first kappa shape index (κ1) is 17.0. The van der Waals surface area contributed by atoms with E-state index >= 15 is 0 Å². The molecule has 2 heterocycles. The van der Waals surface area contributed by atoms with Crippen LogP contribution in [0.4, 0.5) is 0 Å². The Bertz CT molecular complexity index is 882. The number of hydrogen-bond acceptors (Lipinski definition) is 4. The normalized spacial score (nSPS) is 18.0. The first-order valence-electron chi connectivity index (χ1n) is 8.80. The summed E-state index contributed by atoms with van der Waals surface area (Å²) in [7, 11) is 1.54. The summed E-state index contributed by atoms with van der Waals surface area (Å²) >= 11 is 4.47. The van der Waals surface area contributed by atoms with Crippen LogP contribution in [0, 0.1) is 5.92 Å². The van der Waals surface area contributed by atoms with Gasteiger partial charge >= 0.3 is 0 Å². The molecule has 0 spiro atoms. The number of aromatic nitrogens is 2. The minimum atomic E-state index is 0.319. The molecule has 5 heteroatoms. The molecule has 3 nitrogen and oxygen atoms in total. The van der Waals surface area contributed by atoms with Gasteiger partial charge in [0.05, 0.1) is 11.7 Å². The van der Waals surface area contributed by atoms with Crippen LogP contribution >= 0.6 is 22.6 Å². The second-order valence-electron chi connectivity index (χ2n) is 7.07. The highest BCUT2D eigenvalue weighted by molar-refractivity contribution is 8.67. The summed E-state index contributed by atoms with van der Waals surface area (Å²) in [6, 6.07) is 15.3. The van der Waals surface area contributed by atoms with E-state index in [1.807, 2.05) is 0 Å². The van der Waals surface area contributed by atoms with E-state index in [0.717, 1.165) is 25.2 Å². The van der Waals surface area contributed by atoms with Crippen LogP contribution < -0.4 is 0 Å². The second-order valence-corrected chi connectivity index (χ2v) is 8.19. The third-order valence-corrected chi connectivity index (χ3v) is 6.16. The van der Waals surface area contributed by atoms with E-state index in [0.29, 0.717) is 12.0 Å². The number of thiol groups is 1. The fraction of sp³-hybridized carbons (Fsp3) is 0.350. The molecule has 0 saturated carbocycles. The average molecular weight is 370 g/mol. The topological polar surface area (TPSA) is 21.1 Å². The molecule has 130 valence electrons. The van der Waals surface area contributed by atoms with Crippen molar-refractivity contribution in [2.45, 2.75) is 32.9 Å². The first-order chi connectivity index (χ1) is 12.2. The summed E-state index contributed by atoms with van der Waals surface area (Å²) in [6.07, 6.45) is 3.32. The SMILES string of the molecule is CC(C)CC1c2nc(-c3cccc4ccccc34)cn2CCN1SS. The van der Waals surface area contributed by atoms with Gasteiger partial charge in [-0.05, 0) is 34.1 Å². The zero-order valence-corrected chi connectivity index (χ0v) is 16.3. The number of nitrogens with zero attached hydrogens (tertiary/aromatic N) is 3. The molecule has 0 bridgehead atoms. The summed E-state index contributed by atoms with van der Waals surface area (Å²) in [5.74, 6) is 1.79. The predicted molar refractivity (Wildman–Crippen MR) is 111 cm³/mol. The van der Waals surface area contributed by atoms with Crippen molar-refractivity contribution in [2.24, 2.45) is 5.92 Å². The Morgan fingerprint density at radius 2 is 1.96 bits per heavy atom. The van der Waals surface area contributed by atoms with Crippen molar-refractivity contribution in [1.29, 1.82) is 0 Å². The maximum Gasteiger partial charge on any atom is 0.127 e. The molecule has 25 heavy (non-hydrogen) atoms. The largest absolute Gasteiger partial charge is 0.332 e. The van der Waals surface area contributed by atoms with Crippen LogP contribution in [-0.2, 0) is 6.54 Å². The smallest absolute Gasteiger partial charge is 0.127 e. The molecule has 0 N–H and O–H groups in total. The van der Waals surface area contributed by atoms with Gasteiger partial charge < -0.3 is 4.57 Å². The summed E-state index contributed by atoms with van der Waals surface area (Å²) in [5.41, 5.74) is 2.29. The van der Waals surface area contributed by atoms with Crippen molar-refractivity contribution < 1.29 is 0 Å². The molecular formula is C20H23N3S2. The third kappa shape index (κ3) is 3.21. The lowest BCUT2D eigenvalue weighted by Gasteiger charge is -2.34. The highest BCUT2D eigenvalue weighted by Gasteiger charge is 2.30. The van der Waals surface area contributed by atoms with Gasteiger partial charge in [0.2, 0.25) is 0 Å². The van der Waals surface area contributed by atoms with Crippen LogP contribution in [0.3, 0.4) is 0 Å². The molecule has 2 aromatic carbocycles. The Balaban J connectivity index is 1.80. The minimum Gasteiger partial charge on any atom is -0.332 e. The van der Waals surface area contributed by atoms with Gasteiger partial charge in [-0.3, -0.25) is 0 Å². The number of benzene rings is 2. The van der Waals surface area contributed by atoms with Crippen LogP contribution in [0.2, 0.25) is 0 Å². The lowest BCUT2D eigenvalue weighted by Crippen LogP contribution is -2.33. The molecule has 0 aliphatic carbocycles. The monoisotopic (exact) mass is 369 g/mol. The fourth-order valence-electron chi connectivity index (χ4n) is 3.71. The van der Waals surface area contributed by atoms with Crippen molar-refractivity contribution in [1.82, 2.24) is 13.9 Å². The fourth-order valence-corrected chi connectivity index (χ4v) is 4.76. The number of imidazole rings is 1. The Hall–Kier alpha value is -1.43. The van der Waals surface area contributed by atoms with Gasteiger partial charge in [0, 0.05) is 24.8 Å².